The first kappa shape index (κ1) is 18.7. The average Bonchev–Trinajstić information content (AvgIpc) is 2.54. The van der Waals surface area contributed by atoms with Gasteiger partial charge >= 0.3 is 0 Å². The van der Waals surface area contributed by atoms with E-state index in [9.17, 15) is 4.79 Å². The summed E-state index contributed by atoms with van der Waals surface area (Å²) >= 11 is 0. The van der Waals surface area contributed by atoms with Crippen LogP contribution in [0.15, 0.2) is 0 Å². The van der Waals surface area contributed by atoms with E-state index in [1.807, 2.05) is 20.8 Å². The molecule has 4 heteroatoms. The van der Waals surface area contributed by atoms with Crippen LogP contribution in [0.25, 0.3) is 0 Å². The van der Waals surface area contributed by atoms with Gasteiger partial charge in [0.2, 0.25) is 5.91 Å². The molecule has 3 N–H and O–H groups in total. The highest BCUT2D eigenvalue weighted by Gasteiger charge is 2.63. The highest BCUT2D eigenvalue weighted by atomic mass is 16.5. The van der Waals surface area contributed by atoms with Gasteiger partial charge in [-0.05, 0) is 25.7 Å². The second-order valence-electron chi connectivity index (χ2n) is 8.36. The van der Waals surface area contributed by atoms with Gasteiger partial charge in [-0.25, -0.2) is 0 Å². The van der Waals surface area contributed by atoms with E-state index in [2.05, 4.69) is 19.2 Å². The molecule has 0 aromatic rings. The molecule has 0 spiro atoms. The Labute approximate surface area is 141 Å². The van der Waals surface area contributed by atoms with Crippen molar-refractivity contribution in [2.45, 2.75) is 90.8 Å². The fourth-order valence-corrected chi connectivity index (χ4v) is 4.36. The van der Waals surface area contributed by atoms with Crippen LogP contribution in [0.3, 0.4) is 0 Å². The molecule has 0 aliphatic heterocycles. The molecule has 1 amide bonds. The van der Waals surface area contributed by atoms with Crippen molar-refractivity contribution in [3.8, 4) is 0 Å². The third-order valence-electron chi connectivity index (χ3n) is 6.78. The number of hydrogen-bond acceptors (Lipinski definition) is 3. The smallest absolute Gasteiger partial charge is 0.241 e. The molecule has 2 rings (SSSR count). The van der Waals surface area contributed by atoms with Crippen molar-refractivity contribution in [2.75, 3.05) is 6.61 Å². The van der Waals surface area contributed by atoms with Crippen molar-refractivity contribution in [1.29, 1.82) is 0 Å². The molecule has 4 unspecified atom stereocenters. The molecule has 2 aliphatic carbocycles. The largest absolute Gasteiger partial charge is 0.378 e. The maximum Gasteiger partial charge on any atom is 0.241 e. The Bertz CT molecular complexity index is 418. The first-order valence-electron chi connectivity index (χ1n) is 9.45. The van der Waals surface area contributed by atoms with E-state index < -0.39 is 5.54 Å². The lowest BCUT2D eigenvalue weighted by atomic mass is 9.54. The summed E-state index contributed by atoms with van der Waals surface area (Å²) in [6.07, 6.45) is 7.32. The summed E-state index contributed by atoms with van der Waals surface area (Å²) in [7, 11) is 0. The third-order valence-corrected chi connectivity index (χ3v) is 6.78. The van der Waals surface area contributed by atoms with Gasteiger partial charge in [-0.15, -0.1) is 0 Å². The van der Waals surface area contributed by atoms with Crippen molar-refractivity contribution in [3.63, 3.8) is 0 Å². The lowest BCUT2D eigenvalue weighted by Gasteiger charge is -2.57. The topological polar surface area (TPSA) is 64.3 Å². The Kier molecular flexibility index (Phi) is 5.78. The van der Waals surface area contributed by atoms with Gasteiger partial charge in [-0.2, -0.15) is 0 Å². The van der Waals surface area contributed by atoms with Crippen LogP contribution in [-0.4, -0.2) is 30.2 Å². The fourth-order valence-electron chi connectivity index (χ4n) is 4.36. The standard InChI is InChI=1S/C19H36N2O2/c1-6-23-16-12-19(20,18(16,4)5)17(22)21-14(3)13(2)15-10-8-7-9-11-15/h13-16H,6-12,20H2,1-5H3,(H,21,22). The van der Waals surface area contributed by atoms with Crippen LogP contribution in [0.1, 0.15) is 73.1 Å². The molecule has 0 radical (unpaired) electrons. The van der Waals surface area contributed by atoms with Crippen molar-refractivity contribution in [1.82, 2.24) is 5.32 Å². The number of ether oxygens (including phenoxy) is 1. The number of nitrogens with one attached hydrogen (secondary N) is 1. The Morgan fingerprint density at radius 1 is 1.26 bits per heavy atom. The van der Waals surface area contributed by atoms with Gasteiger partial charge in [0.15, 0.2) is 0 Å². The summed E-state index contributed by atoms with van der Waals surface area (Å²) in [5.41, 5.74) is 5.35. The Hall–Kier alpha value is -0.610. The lowest BCUT2D eigenvalue weighted by Crippen LogP contribution is -2.76. The predicted molar refractivity (Wildman–Crippen MR) is 94.1 cm³/mol. The SMILES string of the molecule is CCOC1CC(N)(C(=O)NC(C)C(C)C2CCCCC2)C1(C)C. The van der Waals surface area contributed by atoms with E-state index in [0.717, 1.165) is 5.92 Å². The number of hydrogen-bond donors (Lipinski definition) is 2. The van der Waals surface area contributed by atoms with Crippen LogP contribution in [0.5, 0.6) is 0 Å². The maximum absolute atomic E-state index is 12.8. The van der Waals surface area contributed by atoms with Crippen LogP contribution in [0.4, 0.5) is 0 Å². The minimum absolute atomic E-state index is 0.00591. The second-order valence-corrected chi connectivity index (χ2v) is 8.36. The molecule has 23 heavy (non-hydrogen) atoms. The van der Waals surface area contributed by atoms with E-state index >= 15 is 0 Å². The van der Waals surface area contributed by atoms with Gasteiger partial charge in [0.1, 0.15) is 5.54 Å². The molecule has 134 valence electrons. The van der Waals surface area contributed by atoms with Crippen LogP contribution < -0.4 is 11.1 Å². The van der Waals surface area contributed by atoms with E-state index in [-0.39, 0.29) is 23.5 Å². The lowest BCUT2D eigenvalue weighted by molar-refractivity contribution is -0.171. The summed E-state index contributed by atoms with van der Waals surface area (Å²) < 4.78 is 5.73. The van der Waals surface area contributed by atoms with Crippen molar-refractivity contribution in [2.24, 2.45) is 23.0 Å². The third kappa shape index (κ3) is 3.43. The molecule has 0 aromatic heterocycles. The number of carbonyl (C=O) groups excluding carboxylic acids is 1. The first-order chi connectivity index (χ1) is 10.7. The molecule has 0 saturated heterocycles. The molecule has 2 fully saturated rings. The van der Waals surface area contributed by atoms with Crippen LogP contribution in [0, 0.1) is 17.3 Å². The summed E-state index contributed by atoms with van der Waals surface area (Å²) in [5.74, 6) is 1.24. The van der Waals surface area contributed by atoms with Crippen LogP contribution >= 0.6 is 0 Å². The van der Waals surface area contributed by atoms with Crippen LogP contribution in [0.2, 0.25) is 0 Å². The molecular weight excluding hydrogens is 288 g/mol. The molecule has 2 saturated carbocycles. The van der Waals surface area contributed by atoms with Crippen molar-refractivity contribution in [3.05, 3.63) is 0 Å². The highest BCUT2D eigenvalue weighted by molar-refractivity contribution is 5.89. The summed E-state index contributed by atoms with van der Waals surface area (Å²) in [6, 6.07) is 0.174. The highest BCUT2D eigenvalue weighted by Crippen LogP contribution is 2.50. The molecular formula is C19H36N2O2. The van der Waals surface area contributed by atoms with Crippen LogP contribution in [-0.2, 0) is 9.53 Å². The van der Waals surface area contributed by atoms with Gasteiger partial charge in [0.05, 0.1) is 6.10 Å². The summed E-state index contributed by atoms with van der Waals surface area (Å²) in [4.78, 5) is 12.8. The Balaban J connectivity index is 1.93. The molecule has 2 aliphatic rings. The minimum Gasteiger partial charge on any atom is -0.378 e. The quantitative estimate of drug-likeness (QED) is 0.788. The fraction of sp³-hybridized carbons (Fsp3) is 0.947. The predicted octanol–water partition coefficient (Wildman–Crippen LogP) is 3.24. The molecule has 0 bridgehead atoms. The van der Waals surface area contributed by atoms with Gasteiger partial charge in [0.25, 0.3) is 0 Å². The van der Waals surface area contributed by atoms with Gasteiger partial charge in [-0.1, -0.05) is 52.9 Å². The number of nitrogens with two attached hydrogens (primary N) is 1. The summed E-state index contributed by atoms with van der Waals surface area (Å²) in [6.45, 7) is 11.2. The Morgan fingerprint density at radius 2 is 1.87 bits per heavy atom. The van der Waals surface area contributed by atoms with Gasteiger partial charge in [0, 0.05) is 24.5 Å². The monoisotopic (exact) mass is 324 g/mol. The van der Waals surface area contributed by atoms with E-state index in [0.29, 0.717) is 18.9 Å². The van der Waals surface area contributed by atoms with Gasteiger partial charge in [-0.3, -0.25) is 4.79 Å². The van der Waals surface area contributed by atoms with Crippen molar-refractivity contribution >= 4 is 5.91 Å². The number of rotatable bonds is 6. The average molecular weight is 325 g/mol. The zero-order chi connectivity index (χ0) is 17.3. The number of carbonyl (C=O) groups is 1. The molecule has 4 nitrogen and oxygen atoms in total. The summed E-state index contributed by atoms with van der Waals surface area (Å²) in [5, 5.41) is 3.22. The molecule has 0 aromatic carbocycles. The second kappa shape index (κ2) is 7.10. The van der Waals surface area contributed by atoms with E-state index in [1.54, 1.807) is 0 Å². The molecule has 4 atom stereocenters. The molecule has 0 heterocycles. The van der Waals surface area contributed by atoms with Gasteiger partial charge < -0.3 is 15.8 Å². The Morgan fingerprint density at radius 3 is 2.39 bits per heavy atom. The van der Waals surface area contributed by atoms with E-state index in [1.165, 1.54) is 32.1 Å². The zero-order valence-electron chi connectivity index (χ0n) is 15.7. The number of amides is 1. The normalized spacial score (nSPS) is 33.6. The van der Waals surface area contributed by atoms with Crippen molar-refractivity contribution < 1.29 is 9.53 Å². The first-order valence-corrected chi connectivity index (χ1v) is 9.45. The van der Waals surface area contributed by atoms with E-state index in [4.69, 9.17) is 10.5 Å². The minimum atomic E-state index is -0.812. The maximum atomic E-state index is 12.8. The zero-order valence-corrected chi connectivity index (χ0v) is 15.7.